The summed E-state index contributed by atoms with van der Waals surface area (Å²) in [6.45, 7) is 3.63. The van der Waals surface area contributed by atoms with Gasteiger partial charge in [0, 0.05) is 17.5 Å². The number of carbonyl (C=O) groups is 2. The molecule has 2 rings (SSSR count). The lowest BCUT2D eigenvalue weighted by Gasteiger charge is -2.26. The fraction of sp³-hybridized carbons (Fsp3) is 0.600. The third kappa shape index (κ3) is 1.31. The molecule has 1 saturated carbocycles. The quantitative estimate of drug-likeness (QED) is 0.672. The topological polar surface area (TPSA) is 57.6 Å². The van der Waals surface area contributed by atoms with Gasteiger partial charge in [-0.2, -0.15) is 0 Å². The van der Waals surface area contributed by atoms with E-state index < -0.39 is 5.97 Å². The number of nitrogens with zero attached hydrogens (tertiary/aromatic N) is 1. The number of likely N-dealkylation sites (tertiary alicyclic amines) is 1. The molecule has 4 heteroatoms. The summed E-state index contributed by atoms with van der Waals surface area (Å²) >= 11 is 0. The highest BCUT2D eigenvalue weighted by atomic mass is 16.4. The van der Waals surface area contributed by atoms with Crippen molar-refractivity contribution in [2.75, 3.05) is 6.54 Å². The third-order valence-corrected chi connectivity index (χ3v) is 3.14. The van der Waals surface area contributed by atoms with Crippen molar-refractivity contribution in [3.8, 4) is 0 Å². The zero-order valence-corrected chi connectivity index (χ0v) is 7.90. The van der Waals surface area contributed by atoms with Gasteiger partial charge in [-0.3, -0.25) is 4.79 Å². The Morgan fingerprint density at radius 1 is 1.57 bits per heavy atom. The molecule has 2 fully saturated rings. The summed E-state index contributed by atoms with van der Waals surface area (Å²) in [5.74, 6) is -0.745. The van der Waals surface area contributed by atoms with Gasteiger partial charge < -0.3 is 10.0 Å². The van der Waals surface area contributed by atoms with Gasteiger partial charge in [0.1, 0.15) is 0 Å². The van der Waals surface area contributed by atoms with Crippen LogP contribution in [-0.2, 0) is 9.59 Å². The molecule has 0 aromatic heterocycles. The van der Waals surface area contributed by atoms with Crippen LogP contribution in [0.1, 0.15) is 19.3 Å². The first-order valence-electron chi connectivity index (χ1n) is 4.81. The molecule has 1 aliphatic heterocycles. The highest BCUT2D eigenvalue weighted by Gasteiger charge is 2.44. The van der Waals surface area contributed by atoms with Crippen LogP contribution in [0.25, 0.3) is 0 Å². The average Bonchev–Trinajstić information content (AvgIpc) is 2.69. The summed E-state index contributed by atoms with van der Waals surface area (Å²) in [7, 11) is 0. The molecule has 0 spiro atoms. The fourth-order valence-corrected chi connectivity index (χ4v) is 2.36. The molecule has 4 nitrogen and oxygen atoms in total. The van der Waals surface area contributed by atoms with Gasteiger partial charge in [-0.25, -0.2) is 4.79 Å². The van der Waals surface area contributed by atoms with Crippen LogP contribution in [0.15, 0.2) is 12.2 Å². The molecular formula is C10H13NO3. The smallest absolute Gasteiger partial charge is 0.332 e. The Hall–Kier alpha value is -1.32. The van der Waals surface area contributed by atoms with Gasteiger partial charge >= 0.3 is 5.97 Å². The van der Waals surface area contributed by atoms with Gasteiger partial charge in [-0.05, 0) is 19.3 Å². The molecule has 14 heavy (non-hydrogen) atoms. The molecule has 2 unspecified atom stereocenters. The molecule has 0 aromatic carbocycles. The standard InChI is InChI=1S/C10H13NO3/c1-6(10(13)14)5-11-8-3-2-7(4-8)9(11)12/h7-8H,1-5H2,(H,13,14). The Kier molecular flexibility index (Phi) is 2.06. The van der Waals surface area contributed by atoms with Crippen molar-refractivity contribution in [2.24, 2.45) is 5.92 Å². The molecule has 0 radical (unpaired) electrons. The van der Waals surface area contributed by atoms with Crippen LogP contribution >= 0.6 is 0 Å². The second-order valence-corrected chi connectivity index (χ2v) is 4.04. The highest BCUT2D eigenvalue weighted by Crippen LogP contribution is 2.38. The minimum absolute atomic E-state index is 0.103. The number of amides is 1. The first-order valence-corrected chi connectivity index (χ1v) is 4.81. The number of hydrogen-bond acceptors (Lipinski definition) is 2. The first-order chi connectivity index (χ1) is 6.59. The summed E-state index contributed by atoms with van der Waals surface area (Å²) < 4.78 is 0. The normalized spacial score (nSPS) is 29.7. The maximum atomic E-state index is 11.6. The van der Waals surface area contributed by atoms with E-state index in [9.17, 15) is 9.59 Å². The Morgan fingerprint density at radius 2 is 2.29 bits per heavy atom. The lowest BCUT2D eigenvalue weighted by atomic mass is 10.1. The van der Waals surface area contributed by atoms with E-state index in [-0.39, 0.29) is 30.0 Å². The summed E-state index contributed by atoms with van der Waals surface area (Å²) in [6, 6.07) is 0.267. The first kappa shape index (κ1) is 9.24. The van der Waals surface area contributed by atoms with E-state index in [1.807, 2.05) is 0 Å². The Bertz CT molecular complexity index is 310. The van der Waals surface area contributed by atoms with Crippen LogP contribution in [0.3, 0.4) is 0 Å². The lowest BCUT2D eigenvalue weighted by molar-refractivity contribution is -0.135. The van der Waals surface area contributed by atoms with Crippen molar-refractivity contribution in [3.05, 3.63) is 12.2 Å². The molecule has 2 bridgehead atoms. The van der Waals surface area contributed by atoms with Crippen LogP contribution in [0.4, 0.5) is 0 Å². The number of fused-ring (bicyclic) bond motifs is 2. The van der Waals surface area contributed by atoms with Crippen molar-refractivity contribution in [3.63, 3.8) is 0 Å². The monoisotopic (exact) mass is 195 g/mol. The SMILES string of the molecule is C=C(CN1C(=O)C2CCC1C2)C(=O)O. The van der Waals surface area contributed by atoms with Crippen LogP contribution in [0.2, 0.25) is 0 Å². The minimum atomic E-state index is -1.01. The van der Waals surface area contributed by atoms with Crippen LogP contribution in [-0.4, -0.2) is 34.5 Å². The Morgan fingerprint density at radius 3 is 2.79 bits per heavy atom. The Labute approximate surface area is 82.2 Å². The number of carboxylic acid groups (broad SMARTS) is 1. The lowest BCUT2D eigenvalue weighted by Crippen LogP contribution is -2.39. The van der Waals surface area contributed by atoms with Crippen molar-refractivity contribution in [1.29, 1.82) is 0 Å². The number of carboxylic acids is 1. The number of carbonyl (C=O) groups excluding carboxylic acids is 1. The second-order valence-electron chi connectivity index (χ2n) is 4.04. The van der Waals surface area contributed by atoms with Gasteiger partial charge in [0.15, 0.2) is 0 Å². The van der Waals surface area contributed by atoms with Gasteiger partial charge in [0.2, 0.25) is 5.91 Å². The van der Waals surface area contributed by atoms with Crippen molar-refractivity contribution in [1.82, 2.24) is 4.90 Å². The summed E-state index contributed by atoms with van der Waals surface area (Å²) in [4.78, 5) is 23.9. The largest absolute Gasteiger partial charge is 0.478 e. The molecule has 1 amide bonds. The predicted octanol–water partition coefficient (Wildman–Crippen LogP) is 0.638. The summed E-state index contributed by atoms with van der Waals surface area (Å²) in [5.41, 5.74) is 0.103. The van der Waals surface area contributed by atoms with E-state index in [2.05, 4.69) is 6.58 Å². The second kappa shape index (κ2) is 3.12. The van der Waals surface area contributed by atoms with Crippen LogP contribution < -0.4 is 0 Å². The molecule has 0 aromatic rings. The van der Waals surface area contributed by atoms with Gasteiger partial charge in [-0.1, -0.05) is 6.58 Å². The number of rotatable bonds is 3. The molecule has 2 aliphatic rings. The maximum Gasteiger partial charge on any atom is 0.332 e. The van der Waals surface area contributed by atoms with Crippen molar-refractivity contribution in [2.45, 2.75) is 25.3 Å². The Balaban J connectivity index is 2.03. The minimum Gasteiger partial charge on any atom is -0.478 e. The van der Waals surface area contributed by atoms with E-state index in [0.717, 1.165) is 19.3 Å². The molecular weight excluding hydrogens is 182 g/mol. The average molecular weight is 195 g/mol. The van der Waals surface area contributed by atoms with E-state index >= 15 is 0 Å². The zero-order valence-electron chi connectivity index (χ0n) is 7.90. The van der Waals surface area contributed by atoms with Gasteiger partial charge in [0.05, 0.1) is 6.54 Å². The molecule has 76 valence electrons. The molecule has 1 saturated heterocycles. The summed E-state index contributed by atoms with van der Waals surface area (Å²) in [6.07, 6.45) is 2.90. The third-order valence-electron chi connectivity index (χ3n) is 3.14. The van der Waals surface area contributed by atoms with E-state index in [1.54, 1.807) is 4.90 Å². The van der Waals surface area contributed by atoms with E-state index in [1.165, 1.54) is 0 Å². The zero-order chi connectivity index (χ0) is 10.3. The van der Waals surface area contributed by atoms with Gasteiger partial charge in [0.25, 0.3) is 0 Å². The fourth-order valence-electron chi connectivity index (χ4n) is 2.36. The van der Waals surface area contributed by atoms with E-state index in [4.69, 9.17) is 5.11 Å². The van der Waals surface area contributed by atoms with Crippen LogP contribution in [0.5, 0.6) is 0 Å². The summed E-state index contributed by atoms with van der Waals surface area (Å²) in [5, 5.41) is 8.66. The highest BCUT2D eigenvalue weighted by molar-refractivity contribution is 5.89. The predicted molar refractivity (Wildman–Crippen MR) is 49.6 cm³/mol. The number of piperidine rings is 1. The van der Waals surface area contributed by atoms with Crippen LogP contribution in [0, 0.1) is 5.92 Å². The molecule has 2 atom stereocenters. The van der Waals surface area contributed by atoms with E-state index in [0.29, 0.717) is 0 Å². The van der Waals surface area contributed by atoms with Crippen molar-refractivity contribution < 1.29 is 14.7 Å². The van der Waals surface area contributed by atoms with Gasteiger partial charge in [-0.15, -0.1) is 0 Å². The molecule has 1 aliphatic carbocycles. The maximum absolute atomic E-state index is 11.6. The van der Waals surface area contributed by atoms with Crippen molar-refractivity contribution >= 4 is 11.9 Å². The number of hydrogen-bond donors (Lipinski definition) is 1. The molecule has 1 heterocycles. The number of aliphatic carboxylic acids is 1. The molecule has 1 N–H and O–H groups in total.